The van der Waals surface area contributed by atoms with E-state index in [9.17, 15) is 0 Å². The third-order valence-electron chi connectivity index (χ3n) is 3.20. The number of amidine groups is 1. The first-order valence-electron chi connectivity index (χ1n) is 5.74. The summed E-state index contributed by atoms with van der Waals surface area (Å²) >= 11 is 3.60. The lowest BCUT2D eigenvalue weighted by molar-refractivity contribution is 0.407. The summed E-state index contributed by atoms with van der Waals surface area (Å²) in [5, 5.41) is 8.97. The van der Waals surface area contributed by atoms with Crippen LogP contribution in [0.5, 0.6) is 0 Å². The van der Waals surface area contributed by atoms with Gasteiger partial charge in [0.05, 0.1) is 6.54 Å². The second-order valence-corrected chi connectivity index (χ2v) is 5.90. The van der Waals surface area contributed by atoms with E-state index in [1.54, 1.807) is 11.3 Å². The molecule has 0 radical (unpaired) electrons. The predicted molar refractivity (Wildman–Crippen MR) is 74.4 cm³/mol. The first-order valence-corrected chi connectivity index (χ1v) is 7.67. The van der Waals surface area contributed by atoms with E-state index in [0.717, 1.165) is 17.5 Å². The number of nitrogens with one attached hydrogen (secondary N) is 1. The van der Waals surface area contributed by atoms with Crippen molar-refractivity contribution >= 4 is 28.3 Å². The fraction of sp³-hybridized carbons (Fsp3) is 0.583. The zero-order valence-corrected chi connectivity index (χ0v) is 11.5. The summed E-state index contributed by atoms with van der Waals surface area (Å²) in [6.07, 6.45) is 2.35. The summed E-state index contributed by atoms with van der Waals surface area (Å²) in [4.78, 5) is 4.63. The van der Waals surface area contributed by atoms with E-state index in [-0.39, 0.29) is 5.54 Å². The van der Waals surface area contributed by atoms with Crippen molar-refractivity contribution < 1.29 is 0 Å². The Morgan fingerprint density at radius 3 is 2.81 bits per heavy atom. The van der Waals surface area contributed by atoms with Crippen molar-refractivity contribution in [2.45, 2.75) is 38.8 Å². The second kappa shape index (κ2) is 5.23. The molecule has 0 bridgehead atoms. The second-order valence-electron chi connectivity index (χ2n) is 4.15. The van der Waals surface area contributed by atoms with Crippen LogP contribution in [0.2, 0.25) is 0 Å². The van der Waals surface area contributed by atoms with Crippen LogP contribution in [-0.4, -0.2) is 16.5 Å². The van der Waals surface area contributed by atoms with Crippen molar-refractivity contribution in [1.29, 1.82) is 0 Å². The molecule has 2 heterocycles. The highest BCUT2D eigenvalue weighted by Crippen LogP contribution is 2.29. The van der Waals surface area contributed by atoms with Gasteiger partial charge in [-0.05, 0) is 35.2 Å². The molecule has 0 aliphatic carbocycles. The van der Waals surface area contributed by atoms with E-state index in [1.165, 1.54) is 18.4 Å². The molecule has 0 amide bonds. The van der Waals surface area contributed by atoms with Crippen LogP contribution in [-0.2, 0) is 6.54 Å². The highest BCUT2D eigenvalue weighted by Gasteiger charge is 2.33. The van der Waals surface area contributed by atoms with E-state index in [1.807, 2.05) is 11.8 Å². The predicted octanol–water partition coefficient (Wildman–Crippen LogP) is 3.50. The zero-order valence-electron chi connectivity index (χ0n) is 9.82. The van der Waals surface area contributed by atoms with E-state index in [4.69, 9.17) is 0 Å². The van der Waals surface area contributed by atoms with Gasteiger partial charge < -0.3 is 5.32 Å². The van der Waals surface area contributed by atoms with Crippen LogP contribution < -0.4 is 5.32 Å². The average molecular weight is 254 g/mol. The van der Waals surface area contributed by atoms with E-state index < -0.39 is 0 Å². The van der Waals surface area contributed by atoms with Crippen LogP contribution in [0.3, 0.4) is 0 Å². The Kier molecular flexibility index (Phi) is 3.92. The summed E-state index contributed by atoms with van der Waals surface area (Å²) < 4.78 is 0. The highest BCUT2D eigenvalue weighted by molar-refractivity contribution is 8.14. The number of hydrogen-bond acceptors (Lipinski definition) is 3. The van der Waals surface area contributed by atoms with Gasteiger partial charge in [0.25, 0.3) is 0 Å². The molecule has 1 aliphatic rings. The normalized spacial score (nSPS) is 21.2. The zero-order chi connectivity index (χ0) is 11.4. The third-order valence-corrected chi connectivity index (χ3v) is 5.13. The fourth-order valence-corrected chi connectivity index (χ4v) is 3.77. The molecule has 0 atom stereocenters. The van der Waals surface area contributed by atoms with Gasteiger partial charge in [-0.15, -0.1) is 0 Å². The SMILES string of the molecule is CCC1(CC)CSC(=NCc2ccsc2)N1. The van der Waals surface area contributed by atoms with Crippen LogP contribution in [0.25, 0.3) is 0 Å². The highest BCUT2D eigenvalue weighted by atomic mass is 32.2. The van der Waals surface area contributed by atoms with Crippen molar-refractivity contribution in [2.24, 2.45) is 4.99 Å². The smallest absolute Gasteiger partial charge is 0.157 e. The Balaban J connectivity index is 1.95. The van der Waals surface area contributed by atoms with Gasteiger partial charge in [-0.2, -0.15) is 11.3 Å². The standard InChI is InChI=1S/C12H18N2S2/c1-3-12(4-2)9-16-11(14-12)13-7-10-5-6-15-8-10/h5-6,8H,3-4,7,9H2,1-2H3,(H,13,14). The monoisotopic (exact) mass is 254 g/mol. The van der Waals surface area contributed by atoms with Gasteiger partial charge in [-0.1, -0.05) is 25.6 Å². The van der Waals surface area contributed by atoms with Crippen LogP contribution in [0.4, 0.5) is 0 Å². The minimum Gasteiger partial charge on any atom is -0.359 e. The minimum absolute atomic E-state index is 0.290. The number of rotatable bonds is 4. The summed E-state index contributed by atoms with van der Waals surface area (Å²) in [5.74, 6) is 1.16. The van der Waals surface area contributed by atoms with Gasteiger partial charge in [-0.25, -0.2) is 0 Å². The lowest BCUT2D eigenvalue weighted by Gasteiger charge is -2.25. The molecule has 1 fully saturated rings. The van der Waals surface area contributed by atoms with Crippen LogP contribution in [0, 0.1) is 0 Å². The Morgan fingerprint density at radius 2 is 2.25 bits per heavy atom. The molecule has 1 aromatic rings. The molecule has 88 valence electrons. The van der Waals surface area contributed by atoms with Crippen LogP contribution in [0.1, 0.15) is 32.3 Å². The van der Waals surface area contributed by atoms with Gasteiger partial charge in [0.1, 0.15) is 0 Å². The van der Waals surface area contributed by atoms with Gasteiger partial charge in [0.15, 0.2) is 5.17 Å². The van der Waals surface area contributed by atoms with Crippen LogP contribution in [0.15, 0.2) is 21.8 Å². The van der Waals surface area contributed by atoms with Gasteiger partial charge in [0, 0.05) is 11.3 Å². The molecule has 1 N–H and O–H groups in total. The number of thiophene rings is 1. The quantitative estimate of drug-likeness (QED) is 0.889. The maximum absolute atomic E-state index is 4.63. The first-order chi connectivity index (χ1) is 7.78. The summed E-state index contributed by atoms with van der Waals surface area (Å²) in [7, 11) is 0. The Labute approximate surface area is 106 Å². The number of thioether (sulfide) groups is 1. The molecule has 1 aromatic heterocycles. The molecule has 0 spiro atoms. The van der Waals surface area contributed by atoms with Gasteiger partial charge >= 0.3 is 0 Å². The fourth-order valence-electron chi connectivity index (χ4n) is 1.77. The maximum Gasteiger partial charge on any atom is 0.157 e. The summed E-state index contributed by atoms with van der Waals surface area (Å²) in [5.41, 5.74) is 1.60. The number of aliphatic imine (C=N–C) groups is 1. The first kappa shape index (κ1) is 12.0. The van der Waals surface area contributed by atoms with Crippen molar-refractivity contribution in [3.63, 3.8) is 0 Å². The topological polar surface area (TPSA) is 24.4 Å². The molecule has 4 heteroatoms. The maximum atomic E-state index is 4.63. The molecular weight excluding hydrogens is 236 g/mol. The summed E-state index contributed by atoms with van der Waals surface area (Å²) in [6, 6.07) is 2.14. The van der Waals surface area contributed by atoms with Crippen molar-refractivity contribution in [3.8, 4) is 0 Å². The molecule has 0 aromatic carbocycles. The minimum atomic E-state index is 0.290. The average Bonchev–Trinajstić information content (AvgIpc) is 2.96. The lowest BCUT2D eigenvalue weighted by atomic mass is 9.96. The molecule has 2 nitrogen and oxygen atoms in total. The van der Waals surface area contributed by atoms with E-state index in [0.29, 0.717) is 0 Å². The largest absolute Gasteiger partial charge is 0.359 e. The molecule has 16 heavy (non-hydrogen) atoms. The van der Waals surface area contributed by atoms with Gasteiger partial charge in [-0.3, -0.25) is 4.99 Å². The Bertz CT molecular complexity index is 353. The molecule has 0 saturated carbocycles. The molecule has 2 rings (SSSR count). The molecule has 1 saturated heterocycles. The number of hydrogen-bond donors (Lipinski definition) is 1. The van der Waals surface area contributed by atoms with Gasteiger partial charge in [0.2, 0.25) is 0 Å². The molecule has 0 unspecified atom stereocenters. The molecule has 1 aliphatic heterocycles. The van der Waals surface area contributed by atoms with Crippen molar-refractivity contribution in [3.05, 3.63) is 22.4 Å². The molecular formula is C12H18N2S2. The third kappa shape index (κ3) is 2.61. The Morgan fingerprint density at radius 1 is 1.44 bits per heavy atom. The Hall–Kier alpha value is -0.480. The number of nitrogens with zero attached hydrogens (tertiary/aromatic N) is 1. The van der Waals surface area contributed by atoms with Crippen molar-refractivity contribution in [1.82, 2.24) is 5.32 Å². The van der Waals surface area contributed by atoms with E-state index in [2.05, 4.69) is 41.0 Å². The summed E-state index contributed by atoms with van der Waals surface area (Å²) in [6.45, 7) is 5.31. The van der Waals surface area contributed by atoms with Crippen LogP contribution >= 0.6 is 23.1 Å². The van der Waals surface area contributed by atoms with Crippen molar-refractivity contribution in [2.75, 3.05) is 5.75 Å². The lowest BCUT2D eigenvalue weighted by Crippen LogP contribution is -2.42. The van der Waals surface area contributed by atoms with E-state index >= 15 is 0 Å².